The van der Waals surface area contributed by atoms with Gasteiger partial charge >= 0.3 is 0 Å². The van der Waals surface area contributed by atoms with Crippen LogP contribution in [0.15, 0.2) is 36.4 Å². The normalized spacial score (nSPS) is 10.5. The lowest BCUT2D eigenvalue weighted by Gasteiger charge is -2.12. The van der Waals surface area contributed by atoms with Gasteiger partial charge in [-0.15, -0.1) is 0 Å². The van der Waals surface area contributed by atoms with Crippen molar-refractivity contribution in [3.05, 3.63) is 45.5 Å². The SMILES string of the molecule is C[NH+](C)Cc1c(I)ccc2ccccc12.[Cl-]. The van der Waals surface area contributed by atoms with Gasteiger partial charge in [-0.3, -0.25) is 0 Å². The zero-order valence-electron chi connectivity index (χ0n) is 9.43. The van der Waals surface area contributed by atoms with Crippen molar-refractivity contribution in [2.24, 2.45) is 0 Å². The van der Waals surface area contributed by atoms with Crippen molar-refractivity contribution in [1.82, 2.24) is 0 Å². The van der Waals surface area contributed by atoms with E-state index in [0.29, 0.717) is 0 Å². The third kappa shape index (κ3) is 2.87. The van der Waals surface area contributed by atoms with Crippen LogP contribution in [0.2, 0.25) is 0 Å². The van der Waals surface area contributed by atoms with Gasteiger partial charge in [-0.2, -0.15) is 0 Å². The number of rotatable bonds is 2. The summed E-state index contributed by atoms with van der Waals surface area (Å²) >= 11 is 2.43. The van der Waals surface area contributed by atoms with Gasteiger partial charge in [-0.05, 0) is 39.4 Å². The molecule has 0 aromatic heterocycles. The zero-order valence-corrected chi connectivity index (χ0v) is 12.3. The first-order valence-electron chi connectivity index (χ1n) is 5.13. The van der Waals surface area contributed by atoms with E-state index >= 15 is 0 Å². The van der Waals surface area contributed by atoms with Crippen LogP contribution < -0.4 is 17.3 Å². The van der Waals surface area contributed by atoms with E-state index in [-0.39, 0.29) is 12.4 Å². The van der Waals surface area contributed by atoms with Crippen LogP contribution in [0.4, 0.5) is 0 Å². The Kier molecular flexibility index (Phi) is 5.02. The number of benzene rings is 2. The molecule has 0 aliphatic heterocycles. The molecule has 0 saturated carbocycles. The number of nitrogens with one attached hydrogen (secondary N) is 1. The summed E-state index contributed by atoms with van der Waals surface area (Å²) in [5, 5.41) is 2.74. The van der Waals surface area contributed by atoms with Gasteiger partial charge in [0.1, 0.15) is 6.54 Å². The van der Waals surface area contributed by atoms with Crippen molar-refractivity contribution < 1.29 is 17.3 Å². The highest BCUT2D eigenvalue weighted by atomic mass is 127. The van der Waals surface area contributed by atoms with Crippen molar-refractivity contribution in [2.45, 2.75) is 6.54 Å². The van der Waals surface area contributed by atoms with E-state index in [0.717, 1.165) is 6.54 Å². The van der Waals surface area contributed by atoms with Crippen LogP contribution in [0.1, 0.15) is 5.56 Å². The molecule has 2 aromatic carbocycles. The first kappa shape index (κ1) is 13.7. The Morgan fingerprint density at radius 2 is 1.75 bits per heavy atom. The maximum Gasteiger partial charge on any atom is 0.104 e. The van der Waals surface area contributed by atoms with Crippen molar-refractivity contribution in [2.75, 3.05) is 14.1 Å². The van der Waals surface area contributed by atoms with Crippen LogP contribution >= 0.6 is 22.6 Å². The summed E-state index contributed by atoms with van der Waals surface area (Å²) in [6.45, 7) is 1.08. The van der Waals surface area contributed by atoms with Crippen LogP contribution in [0.3, 0.4) is 0 Å². The monoisotopic (exact) mass is 347 g/mol. The molecule has 16 heavy (non-hydrogen) atoms. The lowest BCUT2D eigenvalue weighted by Crippen LogP contribution is -3.04. The fourth-order valence-electron chi connectivity index (χ4n) is 1.84. The number of quaternary nitrogens is 1. The van der Waals surface area contributed by atoms with Crippen molar-refractivity contribution in [3.63, 3.8) is 0 Å². The van der Waals surface area contributed by atoms with Crippen molar-refractivity contribution in [1.29, 1.82) is 0 Å². The highest BCUT2D eigenvalue weighted by molar-refractivity contribution is 14.1. The average molecular weight is 348 g/mol. The maximum absolute atomic E-state index is 2.43. The fraction of sp³-hybridized carbons (Fsp3) is 0.231. The number of hydrogen-bond donors (Lipinski definition) is 1. The summed E-state index contributed by atoms with van der Waals surface area (Å²) in [6, 6.07) is 13.0. The quantitative estimate of drug-likeness (QED) is 0.671. The van der Waals surface area contributed by atoms with E-state index in [1.54, 1.807) is 0 Å². The molecule has 2 rings (SSSR count). The van der Waals surface area contributed by atoms with Gasteiger partial charge in [-0.25, -0.2) is 0 Å². The number of hydrogen-bond acceptors (Lipinski definition) is 0. The second-order valence-corrected chi connectivity index (χ2v) is 5.29. The average Bonchev–Trinajstić information content (AvgIpc) is 2.22. The molecule has 0 bridgehead atoms. The molecule has 0 saturated heterocycles. The van der Waals surface area contributed by atoms with E-state index in [4.69, 9.17) is 0 Å². The molecule has 1 N–H and O–H groups in total. The summed E-state index contributed by atoms with van der Waals surface area (Å²) in [6.07, 6.45) is 0. The first-order valence-corrected chi connectivity index (χ1v) is 6.21. The summed E-state index contributed by atoms with van der Waals surface area (Å²) in [4.78, 5) is 1.46. The van der Waals surface area contributed by atoms with Crippen LogP contribution in [0.25, 0.3) is 10.8 Å². The smallest absolute Gasteiger partial charge is 0.104 e. The van der Waals surface area contributed by atoms with E-state index in [9.17, 15) is 0 Å². The predicted octanol–water partition coefficient (Wildman–Crippen LogP) is -0.907. The molecule has 1 nitrogen and oxygen atoms in total. The Hall–Kier alpha value is -0.320. The first-order chi connectivity index (χ1) is 7.18. The highest BCUT2D eigenvalue weighted by Gasteiger charge is 2.07. The fourth-order valence-corrected chi connectivity index (χ4v) is 2.50. The van der Waals surface area contributed by atoms with Crippen LogP contribution in [0.5, 0.6) is 0 Å². The van der Waals surface area contributed by atoms with Crippen molar-refractivity contribution in [3.8, 4) is 0 Å². The van der Waals surface area contributed by atoms with E-state index < -0.39 is 0 Å². The predicted molar refractivity (Wildman–Crippen MR) is 73.2 cm³/mol. The number of halogens is 2. The molecule has 0 spiro atoms. The molecule has 0 fully saturated rings. The Bertz CT molecular complexity index is 482. The minimum atomic E-state index is 0. The largest absolute Gasteiger partial charge is 1.00 e. The molecular formula is C13H15ClIN. The van der Waals surface area contributed by atoms with Crippen LogP contribution in [-0.2, 0) is 6.54 Å². The van der Waals surface area contributed by atoms with Crippen LogP contribution in [-0.4, -0.2) is 14.1 Å². The van der Waals surface area contributed by atoms with Gasteiger partial charge in [0, 0.05) is 9.13 Å². The molecule has 86 valence electrons. The molecule has 0 atom stereocenters. The summed E-state index contributed by atoms with van der Waals surface area (Å²) in [5.41, 5.74) is 1.47. The van der Waals surface area contributed by atoms with Gasteiger partial charge < -0.3 is 17.3 Å². The minimum Gasteiger partial charge on any atom is -1.00 e. The molecular weight excluding hydrogens is 333 g/mol. The summed E-state index contributed by atoms with van der Waals surface area (Å²) in [7, 11) is 4.38. The Morgan fingerprint density at radius 1 is 1.06 bits per heavy atom. The van der Waals surface area contributed by atoms with E-state index in [2.05, 4.69) is 73.1 Å². The van der Waals surface area contributed by atoms with Gasteiger partial charge in [0.25, 0.3) is 0 Å². The minimum absolute atomic E-state index is 0. The molecule has 0 radical (unpaired) electrons. The van der Waals surface area contributed by atoms with Gasteiger partial charge in [0.2, 0.25) is 0 Å². The molecule has 3 heteroatoms. The standard InChI is InChI=1S/C13H14IN.ClH/c1-15(2)9-12-11-6-4-3-5-10(11)7-8-13(12)14;/h3-8H,9H2,1-2H3;1H. The van der Waals surface area contributed by atoms with Gasteiger partial charge in [0.05, 0.1) is 14.1 Å². The molecule has 0 amide bonds. The third-order valence-electron chi connectivity index (χ3n) is 2.51. The topological polar surface area (TPSA) is 4.44 Å². The van der Waals surface area contributed by atoms with Crippen molar-refractivity contribution >= 4 is 33.4 Å². The maximum atomic E-state index is 2.43. The molecule has 0 unspecified atom stereocenters. The lowest BCUT2D eigenvalue weighted by atomic mass is 10.0. The molecule has 2 aromatic rings. The summed E-state index contributed by atoms with van der Waals surface area (Å²) < 4.78 is 1.37. The third-order valence-corrected chi connectivity index (χ3v) is 3.52. The highest BCUT2D eigenvalue weighted by Crippen LogP contribution is 2.22. The Morgan fingerprint density at radius 3 is 2.44 bits per heavy atom. The van der Waals surface area contributed by atoms with E-state index in [1.165, 1.54) is 24.8 Å². The second kappa shape index (κ2) is 5.84. The van der Waals surface area contributed by atoms with Crippen LogP contribution in [0, 0.1) is 3.57 Å². The molecule has 0 aliphatic carbocycles. The van der Waals surface area contributed by atoms with Gasteiger partial charge in [-0.1, -0.05) is 30.3 Å². The molecule has 0 heterocycles. The van der Waals surface area contributed by atoms with E-state index in [1.807, 2.05) is 0 Å². The second-order valence-electron chi connectivity index (χ2n) is 4.13. The Balaban J connectivity index is 0.00000128. The zero-order chi connectivity index (χ0) is 10.8. The van der Waals surface area contributed by atoms with Gasteiger partial charge in [0.15, 0.2) is 0 Å². The molecule has 0 aliphatic rings. The lowest BCUT2D eigenvalue weighted by molar-refractivity contribution is -0.872. The number of fused-ring (bicyclic) bond motifs is 1. The Labute approximate surface area is 116 Å². The summed E-state index contributed by atoms with van der Waals surface area (Å²) in [5.74, 6) is 0.